The largest absolute Gasteiger partial charge is 0.454 e. The third kappa shape index (κ3) is 1.78. The van der Waals surface area contributed by atoms with Crippen LogP contribution in [0.2, 0.25) is 0 Å². The second-order valence-electron chi connectivity index (χ2n) is 3.68. The van der Waals surface area contributed by atoms with Crippen LogP contribution in [-0.4, -0.2) is 25.1 Å². The van der Waals surface area contributed by atoms with Crippen molar-refractivity contribution in [2.24, 2.45) is 5.73 Å². The Labute approximate surface area is 88.6 Å². The molecule has 0 saturated heterocycles. The molecule has 0 amide bonds. The number of hydrogen-bond donors (Lipinski definition) is 2. The van der Waals surface area contributed by atoms with Gasteiger partial charge in [0.05, 0.1) is 6.61 Å². The fourth-order valence-corrected chi connectivity index (χ4v) is 1.80. The molecule has 1 aliphatic heterocycles. The average Bonchev–Trinajstić information content (AvgIpc) is 2.67. The fourth-order valence-electron chi connectivity index (χ4n) is 1.80. The summed E-state index contributed by atoms with van der Waals surface area (Å²) >= 11 is 0. The standard InChI is InChI=1S/C11H15NO3/c1-7-2-10-11(15-6-14-10)3-9(7)8(4-12)5-13/h2-3,8,13H,4-6,12H2,1H3. The second-order valence-corrected chi connectivity index (χ2v) is 3.68. The van der Waals surface area contributed by atoms with E-state index >= 15 is 0 Å². The van der Waals surface area contributed by atoms with Crippen LogP contribution in [0.5, 0.6) is 11.5 Å². The Hall–Kier alpha value is -1.26. The molecule has 15 heavy (non-hydrogen) atoms. The summed E-state index contributed by atoms with van der Waals surface area (Å²) in [4.78, 5) is 0. The van der Waals surface area contributed by atoms with Crippen LogP contribution in [-0.2, 0) is 0 Å². The number of ether oxygens (including phenoxy) is 2. The maximum atomic E-state index is 9.20. The van der Waals surface area contributed by atoms with Crippen molar-refractivity contribution in [2.75, 3.05) is 19.9 Å². The van der Waals surface area contributed by atoms with Gasteiger partial charge in [0.2, 0.25) is 6.79 Å². The van der Waals surface area contributed by atoms with Gasteiger partial charge in [0, 0.05) is 12.5 Å². The molecule has 0 bridgehead atoms. The molecule has 0 aromatic heterocycles. The Kier molecular flexibility index (Phi) is 2.79. The summed E-state index contributed by atoms with van der Waals surface area (Å²) in [7, 11) is 0. The SMILES string of the molecule is Cc1cc2c(cc1C(CN)CO)OCO2. The predicted molar refractivity (Wildman–Crippen MR) is 56.2 cm³/mol. The molecule has 1 aliphatic rings. The van der Waals surface area contributed by atoms with Crippen molar-refractivity contribution in [3.63, 3.8) is 0 Å². The zero-order valence-electron chi connectivity index (χ0n) is 8.69. The first-order valence-corrected chi connectivity index (χ1v) is 4.97. The minimum absolute atomic E-state index is 0.0282. The molecule has 0 fully saturated rings. The number of aliphatic hydroxyl groups excluding tert-OH is 1. The number of benzene rings is 1. The Morgan fingerprint density at radius 2 is 2.07 bits per heavy atom. The minimum Gasteiger partial charge on any atom is -0.454 e. The molecule has 0 saturated carbocycles. The highest BCUT2D eigenvalue weighted by molar-refractivity contribution is 5.49. The van der Waals surface area contributed by atoms with Gasteiger partial charge in [-0.2, -0.15) is 0 Å². The van der Waals surface area contributed by atoms with E-state index < -0.39 is 0 Å². The lowest BCUT2D eigenvalue weighted by Gasteiger charge is -2.15. The molecule has 1 heterocycles. The molecule has 3 N–H and O–H groups in total. The van der Waals surface area contributed by atoms with E-state index in [1.807, 2.05) is 19.1 Å². The van der Waals surface area contributed by atoms with Crippen molar-refractivity contribution in [3.8, 4) is 11.5 Å². The molecule has 2 rings (SSSR count). The highest BCUT2D eigenvalue weighted by atomic mass is 16.7. The predicted octanol–water partition coefficient (Wildman–Crippen LogP) is 0.758. The quantitative estimate of drug-likeness (QED) is 0.771. The van der Waals surface area contributed by atoms with E-state index in [0.717, 1.165) is 22.6 Å². The smallest absolute Gasteiger partial charge is 0.231 e. The van der Waals surface area contributed by atoms with E-state index in [-0.39, 0.29) is 19.3 Å². The first-order chi connectivity index (χ1) is 7.26. The summed E-state index contributed by atoms with van der Waals surface area (Å²) in [5, 5.41) is 9.20. The van der Waals surface area contributed by atoms with Gasteiger partial charge < -0.3 is 20.3 Å². The third-order valence-electron chi connectivity index (χ3n) is 2.71. The summed E-state index contributed by atoms with van der Waals surface area (Å²) in [6.07, 6.45) is 0. The summed E-state index contributed by atoms with van der Waals surface area (Å²) in [5.41, 5.74) is 7.70. The molecule has 4 nitrogen and oxygen atoms in total. The van der Waals surface area contributed by atoms with Crippen LogP contribution < -0.4 is 15.2 Å². The average molecular weight is 209 g/mol. The van der Waals surface area contributed by atoms with Crippen LogP contribution in [0.3, 0.4) is 0 Å². The summed E-state index contributed by atoms with van der Waals surface area (Å²) in [6, 6.07) is 3.83. The molecule has 0 spiro atoms. The van der Waals surface area contributed by atoms with E-state index in [1.165, 1.54) is 0 Å². The topological polar surface area (TPSA) is 64.7 Å². The lowest BCUT2D eigenvalue weighted by molar-refractivity contribution is 0.174. The Bertz CT molecular complexity index is 361. The molecule has 4 heteroatoms. The van der Waals surface area contributed by atoms with Gasteiger partial charge in [-0.1, -0.05) is 0 Å². The van der Waals surface area contributed by atoms with E-state index in [4.69, 9.17) is 15.2 Å². The molecule has 82 valence electrons. The summed E-state index contributed by atoms with van der Waals surface area (Å²) in [5.74, 6) is 1.48. The van der Waals surface area contributed by atoms with E-state index in [9.17, 15) is 5.11 Å². The summed E-state index contributed by atoms with van der Waals surface area (Å²) < 4.78 is 10.6. The first kappa shape index (κ1) is 10.3. The number of hydrogen-bond acceptors (Lipinski definition) is 4. The van der Waals surface area contributed by atoms with Crippen LogP contribution >= 0.6 is 0 Å². The third-order valence-corrected chi connectivity index (χ3v) is 2.71. The highest BCUT2D eigenvalue weighted by Gasteiger charge is 2.19. The molecule has 1 atom stereocenters. The highest BCUT2D eigenvalue weighted by Crippen LogP contribution is 2.36. The maximum Gasteiger partial charge on any atom is 0.231 e. The van der Waals surface area contributed by atoms with Crippen molar-refractivity contribution in [2.45, 2.75) is 12.8 Å². The lowest BCUT2D eigenvalue weighted by atomic mass is 9.95. The van der Waals surface area contributed by atoms with Crippen molar-refractivity contribution < 1.29 is 14.6 Å². The van der Waals surface area contributed by atoms with E-state index in [0.29, 0.717) is 6.54 Å². The van der Waals surface area contributed by atoms with Gasteiger partial charge in [-0.15, -0.1) is 0 Å². The van der Waals surface area contributed by atoms with Crippen molar-refractivity contribution >= 4 is 0 Å². The number of aliphatic hydroxyl groups is 1. The minimum atomic E-state index is -0.0282. The Morgan fingerprint density at radius 1 is 1.40 bits per heavy atom. The van der Waals surface area contributed by atoms with Gasteiger partial charge in [0.15, 0.2) is 11.5 Å². The van der Waals surface area contributed by atoms with Crippen LogP contribution in [0.15, 0.2) is 12.1 Å². The Balaban J connectivity index is 2.39. The van der Waals surface area contributed by atoms with E-state index in [2.05, 4.69) is 0 Å². The molecular weight excluding hydrogens is 194 g/mol. The normalized spacial score (nSPS) is 15.4. The zero-order valence-corrected chi connectivity index (χ0v) is 8.69. The monoisotopic (exact) mass is 209 g/mol. The van der Waals surface area contributed by atoms with Gasteiger partial charge >= 0.3 is 0 Å². The number of aryl methyl sites for hydroxylation is 1. The molecule has 0 radical (unpaired) electrons. The number of rotatable bonds is 3. The van der Waals surface area contributed by atoms with Crippen molar-refractivity contribution in [1.29, 1.82) is 0 Å². The second kappa shape index (κ2) is 4.08. The van der Waals surface area contributed by atoms with Crippen LogP contribution in [0, 0.1) is 6.92 Å². The molecule has 1 unspecified atom stereocenters. The zero-order chi connectivity index (χ0) is 10.8. The van der Waals surface area contributed by atoms with Crippen molar-refractivity contribution in [1.82, 2.24) is 0 Å². The van der Waals surface area contributed by atoms with Gasteiger partial charge in [-0.3, -0.25) is 0 Å². The molecule has 1 aromatic rings. The Morgan fingerprint density at radius 3 is 2.67 bits per heavy atom. The van der Waals surface area contributed by atoms with Crippen LogP contribution in [0.4, 0.5) is 0 Å². The van der Waals surface area contributed by atoms with Crippen molar-refractivity contribution in [3.05, 3.63) is 23.3 Å². The van der Waals surface area contributed by atoms with Gasteiger partial charge in [-0.25, -0.2) is 0 Å². The first-order valence-electron chi connectivity index (χ1n) is 4.97. The summed E-state index contributed by atoms with van der Waals surface area (Å²) in [6.45, 7) is 2.73. The molecular formula is C11H15NO3. The fraction of sp³-hybridized carbons (Fsp3) is 0.455. The van der Waals surface area contributed by atoms with Crippen LogP contribution in [0.25, 0.3) is 0 Å². The molecule has 0 aliphatic carbocycles. The van der Waals surface area contributed by atoms with Gasteiger partial charge in [-0.05, 0) is 30.2 Å². The lowest BCUT2D eigenvalue weighted by Crippen LogP contribution is -2.17. The maximum absolute atomic E-state index is 9.20. The number of fused-ring (bicyclic) bond motifs is 1. The number of nitrogens with two attached hydrogens (primary N) is 1. The van der Waals surface area contributed by atoms with Crippen LogP contribution in [0.1, 0.15) is 17.0 Å². The van der Waals surface area contributed by atoms with Gasteiger partial charge in [0.25, 0.3) is 0 Å². The van der Waals surface area contributed by atoms with Gasteiger partial charge in [0.1, 0.15) is 0 Å². The molecule has 1 aromatic carbocycles. The van der Waals surface area contributed by atoms with E-state index in [1.54, 1.807) is 0 Å².